The Morgan fingerprint density at radius 1 is 1.35 bits per heavy atom. The first-order valence-electron chi connectivity index (χ1n) is 5.78. The molecular weight excluding hydrogens is 232 g/mol. The van der Waals surface area contributed by atoms with Gasteiger partial charge in [0.2, 0.25) is 0 Å². The third-order valence-corrected chi connectivity index (χ3v) is 2.90. The number of rotatable bonds is 6. The predicted molar refractivity (Wildman–Crippen MR) is 73.9 cm³/mol. The number of hydrogen-bond acceptors (Lipinski definition) is 1. The molecule has 0 aliphatic heterocycles. The molecule has 0 N–H and O–H groups in total. The molecule has 1 aromatic carbocycles. The Labute approximate surface area is 108 Å². The van der Waals surface area contributed by atoms with Crippen molar-refractivity contribution in [3.63, 3.8) is 0 Å². The van der Waals surface area contributed by atoms with Gasteiger partial charge in [-0.05, 0) is 18.4 Å². The van der Waals surface area contributed by atoms with Crippen molar-refractivity contribution in [3.05, 3.63) is 54.1 Å². The van der Waals surface area contributed by atoms with Crippen LogP contribution in [-0.4, -0.2) is 5.78 Å². The zero-order chi connectivity index (χ0) is 12.7. The van der Waals surface area contributed by atoms with E-state index in [1.54, 1.807) is 6.08 Å². The van der Waals surface area contributed by atoms with Crippen molar-refractivity contribution >= 4 is 22.4 Å². The molecule has 0 heterocycles. The van der Waals surface area contributed by atoms with E-state index in [2.05, 4.69) is 6.58 Å². The molecule has 1 rings (SSSR count). The Bertz CT molecular complexity index is 418. The molecule has 1 aromatic rings. The highest BCUT2D eigenvalue weighted by molar-refractivity contribution is 6.51. The Hall–Kier alpha value is -1.34. The monoisotopic (exact) mass is 248 g/mol. The third kappa shape index (κ3) is 3.86. The Morgan fingerprint density at radius 3 is 2.53 bits per heavy atom. The Morgan fingerprint density at radius 2 is 2.00 bits per heavy atom. The molecule has 0 fully saturated rings. The lowest BCUT2D eigenvalue weighted by Gasteiger charge is -2.07. The van der Waals surface area contributed by atoms with E-state index in [0.717, 1.165) is 12.0 Å². The average Bonchev–Trinajstić information content (AvgIpc) is 2.36. The van der Waals surface area contributed by atoms with Crippen LogP contribution in [0.15, 0.2) is 48.6 Å². The van der Waals surface area contributed by atoms with Crippen LogP contribution in [0.3, 0.4) is 0 Å². The highest BCUT2D eigenvalue weighted by Crippen LogP contribution is 2.26. The summed E-state index contributed by atoms with van der Waals surface area (Å²) in [4.78, 5) is 12.0. The summed E-state index contributed by atoms with van der Waals surface area (Å²) in [5.41, 5.74) is 1.55. The molecule has 2 heteroatoms. The summed E-state index contributed by atoms with van der Waals surface area (Å²) >= 11 is 6.29. The van der Waals surface area contributed by atoms with Gasteiger partial charge >= 0.3 is 0 Å². The molecule has 17 heavy (non-hydrogen) atoms. The quantitative estimate of drug-likeness (QED) is 0.532. The molecule has 0 spiro atoms. The van der Waals surface area contributed by atoms with Gasteiger partial charge in [-0.2, -0.15) is 0 Å². The van der Waals surface area contributed by atoms with Gasteiger partial charge in [0.05, 0.1) is 5.03 Å². The van der Waals surface area contributed by atoms with Gasteiger partial charge in [-0.15, -0.1) is 6.58 Å². The summed E-state index contributed by atoms with van der Waals surface area (Å²) in [6.45, 7) is 5.66. The van der Waals surface area contributed by atoms with Gasteiger partial charge in [-0.3, -0.25) is 4.79 Å². The van der Waals surface area contributed by atoms with Crippen LogP contribution >= 0.6 is 11.6 Å². The Kier molecular flexibility index (Phi) is 5.71. The summed E-state index contributed by atoms with van der Waals surface area (Å²) in [6.07, 6.45) is 3.60. The average molecular weight is 249 g/mol. The molecule has 0 amide bonds. The lowest BCUT2D eigenvalue weighted by atomic mass is 10.0. The van der Waals surface area contributed by atoms with Crippen LogP contribution in [-0.2, 0) is 4.79 Å². The molecule has 90 valence electrons. The largest absolute Gasteiger partial charge is 0.294 e. The van der Waals surface area contributed by atoms with Gasteiger partial charge in [0.15, 0.2) is 5.78 Å². The fourth-order valence-electron chi connectivity index (χ4n) is 1.61. The number of carbonyl (C=O) groups excluding carboxylic acids is 1. The highest BCUT2D eigenvalue weighted by atomic mass is 35.5. The van der Waals surface area contributed by atoms with Crippen molar-refractivity contribution in [2.45, 2.75) is 26.2 Å². The maximum Gasteiger partial charge on any atom is 0.160 e. The number of Topliss-reactive ketones (excluding diaryl/α,β-unsaturated/α-hetero) is 1. The topological polar surface area (TPSA) is 17.1 Å². The van der Waals surface area contributed by atoms with Gasteiger partial charge in [-0.1, -0.05) is 54.9 Å². The van der Waals surface area contributed by atoms with Gasteiger partial charge in [0.25, 0.3) is 0 Å². The molecule has 0 radical (unpaired) electrons. The lowest BCUT2D eigenvalue weighted by molar-refractivity contribution is -0.115. The first-order valence-corrected chi connectivity index (χ1v) is 6.16. The van der Waals surface area contributed by atoms with Crippen molar-refractivity contribution in [1.82, 2.24) is 0 Å². The minimum absolute atomic E-state index is 0.112. The minimum Gasteiger partial charge on any atom is -0.294 e. The fraction of sp³-hybridized carbons (Fsp3) is 0.267. The zero-order valence-electron chi connectivity index (χ0n) is 10.1. The van der Waals surface area contributed by atoms with Crippen LogP contribution in [0.2, 0.25) is 0 Å². The number of allylic oxidation sites excluding steroid dienone is 2. The van der Waals surface area contributed by atoms with Crippen LogP contribution in [0, 0.1) is 0 Å². The smallest absolute Gasteiger partial charge is 0.160 e. The van der Waals surface area contributed by atoms with Crippen LogP contribution < -0.4 is 0 Å². The first-order chi connectivity index (χ1) is 8.20. The van der Waals surface area contributed by atoms with Crippen LogP contribution in [0.25, 0.3) is 5.03 Å². The van der Waals surface area contributed by atoms with E-state index in [1.807, 2.05) is 37.3 Å². The van der Waals surface area contributed by atoms with E-state index in [0.29, 0.717) is 23.4 Å². The minimum atomic E-state index is 0.112. The highest BCUT2D eigenvalue weighted by Gasteiger charge is 2.13. The van der Waals surface area contributed by atoms with Crippen LogP contribution in [0.1, 0.15) is 31.7 Å². The summed E-state index contributed by atoms with van der Waals surface area (Å²) in [5, 5.41) is 0.545. The molecule has 0 aliphatic rings. The summed E-state index contributed by atoms with van der Waals surface area (Å²) in [6, 6.07) is 9.56. The standard InChI is InChI=1S/C15H17ClO/c1-3-8-13(14(17)9-4-2)15(16)12-10-6-5-7-11-12/h3,5-7,10-11H,1,4,8-9H2,2H3/b15-13+. The molecule has 0 bridgehead atoms. The first kappa shape index (κ1) is 13.7. The SMILES string of the molecule is C=CC/C(C(=O)CCC)=C(\Cl)c1ccccc1. The van der Waals surface area contributed by atoms with Crippen molar-refractivity contribution in [2.24, 2.45) is 0 Å². The molecule has 0 aliphatic carbocycles. The maximum atomic E-state index is 12.0. The number of hydrogen-bond donors (Lipinski definition) is 0. The van der Waals surface area contributed by atoms with E-state index in [4.69, 9.17) is 11.6 Å². The number of carbonyl (C=O) groups is 1. The molecule has 0 unspecified atom stereocenters. The fourth-order valence-corrected chi connectivity index (χ4v) is 1.92. The van der Waals surface area contributed by atoms with Gasteiger partial charge < -0.3 is 0 Å². The number of ketones is 1. The summed E-state index contributed by atoms with van der Waals surface area (Å²) in [7, 11) is 0. The summed E-state index contributed by atoms with van der Waals surface area (Å²) in [5.74, 6) is 0.112. The van der Waals surface area contributed by atoms with Crippen molar-refractivity contribution in [3.8, 4) is 0 Å². The van der Waals surface area contributed by atoms with Gasteiger partial charge in [0, 0.05) is 12.0 Å². The lowest BCUT2D eigenvalue weighted by Crippen LogP contribution is -2.03. The van der Waals surface area contributed by atoms with Crippen molar-refractivity contribution in [1.29, 1.82) is 0 Å². The number of benzene rings is 1. The van der Waals surface area contributed by atoms with E-state index in [1.165, 1.54) is 0 Å². The predicted octanol–water partition coefficient (Wildman–Crippen LogP) is 4.58. The second-order valence-corrected chi connectivity index (χ2v) is 4.20. The normalized spacial score (nSPS) is 11.9. The molecule has 0 saturated heterocycles. The molecule has 0 aromatic heterocycles. The molecular formula is C15H17ClO. The molecule has 0 atom stereocenters. The van der Waals surface area contributed by atoms with Crippen LogP contribution in [0.5, 0.6) is 0 Å². The number of halogens is 1. The zero-order valence-corrected chi connectivity index (χ0v) is 10.8. The van der Waals surface area contributed by atoms with E-state index < -0.39 is 0 Å². The molecule has 1 nitrogen and oxygen atoms in total. The second-order valence-electron chi connectivity index (χ2n) is 3.82. The van der Waals surface area contributed by atoms with Crippen molar-refractivity contribution < 1.29 is 4.79 Å². The third-order valence-electron chi connectivity index (χ3n) is 2.45. The second kappa shape index (κ2) is 7.08. The van der Waals surface area contributed by atoms with E-state index in [9.17, 15) is 4.79 Å². The Balaban J connectivity index is 3.10. The van der Waals surface area contributed by atoms with Crippen molar-refractivity contribution in [2.75, 3.05) is 0 Å². The van der Waals surface area contributed by atoms with E-state index >= 15 is 0 Å². The molecule has 0 saturated carbocycles. The summed E-state index contributed by atoms with van der Waals surface area (Å²) < 4.78 is 0. The van der Waals surface area contributed by atoms with Crippen LogP contribution in [0.4, 0.5) is 0 Å². The van der Waals surface area contributed by atoms with E-state index in [-0.39, 0.29) is 5.78 Å². The maximum absolute atomic E-state index is 12.0. The van der Waals surface area contributed by atoms with Gasteiger partial charge in [0.1, 0.15) is 0 Å². The van der Waals surface area contributed by atoms with Gasteiger partial charge in [-0.25, -0.2) is 0 Å².